The number of rotatable bonds is 18. The Labute approximate surface area is 423 Å². The van der Waals surface area contributed by atoms with Gasteiger partial charge in [0.05, 0.1) is 12.1 Å². The fourth-order valence-corrected chi connectivity index (χ4v) is 9.25. The molecule has 8 atom stereocenters. The van der Waals surface area contributed by atoms with Crippen LogP contribution in [0.5, 0.6) is 0 Å². The number of amides is 4. The monoisotopic (exact) mass is 981 g/mol. The summed E-state index contributed by atoms with van der Waals surface area (Å²) in [5, 5.41) is 19.2. The first-order valence-corrected chi connectivity index (χ1v) is 24.8. The molecule has 2 aliphatic rings. The molecular weight excluding hydrogens is 909 g/mol. The number of likely N-dealkylation sites (N-methyl/N-ethyl adjacent to an activating group) is 2. The van der Waals surface area contributed by atoms with Crippen LogP contribution >= 0.6 is 0 Å². The summed E-state index contributed by atoms with van der Waals surface area (Å²) in [6.07, 6.45) is 4.05. The molecule has 7 rings (SSSR count). The van der Waals surface area contributed by atoms with Crippen LogP contribution in [0.15, 0.2) is 131 Å². The highest BCUT2D eigenvalue weighted by Gasteiger charge is 2.46. The van der Waals surface area contributed by atoms with Crippen LogP contribution in [0.2, 0.25) is 0 Å². The Morgan fingerprint density at radius 1 is 0.611 bits per heavy atom. The molecule has 4 heterocycles. The van der Waals surface area contributed by atoms with Gasteiger partial charge in [0.15, 0.2) is 0 Å². The number of nitrogens with zero attached hydrogens (tertiary/aromatic N) is 4. The summed E-state index contributed by atoms with van der Waals surface area (Å²) < 4.78 is 12.2. The Kier molecular flexibility index (Phi) is 16.2. The molecule has 0 bridgehead atoms. The summed E-state index contributed by atoms with van der Waals surface area (Å²) in [5.74, 6) is -0.144. The van der Waals surface area contributed by atoms with Crippen molar-refractivity contribution in [1.29, 1.82) is 0 Å². The lowest BCUT2D eigenvalue weighted by Crippen LogP contribution is -2.54. The number of carbonyl (C=O) groups excluding carboxylic acids is 4. The standard InChI is InChI=1S/C56H72N10O6/c1-33(57-11)34(2)59-48(56(8,9)10)54(70)66-30-42(28-46(66)53-63-44(32-72-53)38-21-17-14-18-22-38)61-51(69)40-25-23-39(24-26-40)50(68)60-41-27-45(52-62-43(31-71-52)37-19-15-13-16-20-37)65(29-41)36(4)47(55(5,6)7)64-49(67)35(3)58-12/h13-26,31-33,35,41-42,45-48,57-59H,2,4,27-30H2,1,3,5-12H3,(H,60,68)(H,61,69)(H,64,67)/t33-,35-,41-,42-,45-,46-,47+,48+/m0/s1. The highest BCUT2D eigenvalue weighted by Crippen LogP contribution is 2.40. The minimum absolute atomic E-state index is 0.0904. The van der Waals surface area contributed by atoms with Crippen LogP contribution in [-0.4, -0.2) is 107 Å². The molecule has 2 saturated heterocycles. The van der Waals surface area contributed by atoms with E-state index in [2.05, 4.69) is 50.0 Å². The fourth-order valence-electron chi connectivity index (χ4n) is 9.25. The van der Waals surface area contributed by atoms with Gasteiger partial charge in [-0.1, -0.05) is 115 Å². The molecule has 2 aromatic heterocycles. The molecule has 16 nitrogen and oxygen atoms in total. The van der Waals surface area contributed by atoms with Crippen molar-refractivity contribution in [2.45, 2.75) is 117 Å². The van der Waals surface area contributed by atoms with E-state index in [4.69, 9.17) is 18.8 Å². The number of aromatic nitrogens is 2. The van der Waals surface area contributed by atoms with E-state index in [9.17, 15) is 19.2 Å². The maximum atomic E-state index is 14.7. The van der Waals surface area contributed by atoms with E-state index < -0.39 is 47.1 Å². The van der Waals surface area contributed by atoms with E-state index in [1.807, 2.05) is 116 Å². The van der Waals surface area contributed by atoms with Gasteiger partial charge in [0.1, 0.15) is 42.0 Å². The third kappa shape index (κ3) is 12.2. The van der Waals surface area contributed by atoms with Gasteiger partial charge in [0, 0.05) is 64.9 Å². The van der Waals surface area contributed by atoms with Crippen LogP contribution in [0.3, 0.4) is 0 Å². The number of carbonyl (C=O) groups is 4. The van der Waals surface area contributed by atoms with Crippen LogP contribution in [0.4, 0.5) is 0 Å². The van der Waals surface area contributed by atoms with E-state index in [1.165, 1.54) is 0 Å². The Hall–Kier alpha value is -7.04. The van der Waals surface area contributed by atoms with Gasteiger partial charge in [-0.15, -0.1) is 0 Å². The molecule has 0 aliphatic carbocycles. The van der Waals surface area contributed by atoms with Crippen molar-refractivity contribution in [3.8, 4) is 22.5 Å². The summed E-state index contributed by atoms with van der Waals surface area (Å²) in [5.41, 5.74) is 4.28. The van der Waals surface area contributed by atoms with Gasteiger partial charge in [-0.3, -0.25) is 19.2 Å². The largest absolute Gasteiger partial charge is 0.446 e. The zero-order valence-electron chi connectivity index (χ0n) is 43.3. The molecule has 2 fully saturated rings. The Morgan fingerprint density at radius 2 is 1.04 bits per heavy atom. The Morgan fingerprint density at radius 3 is 1.47 bits per heavy atom. The van der Waals surface area contributed by atoms with E-state index in [-0.39, 0.29) is 42.3 Å². The maximum absolute atomic E-state index is 14.7. The average molecular weight is 981 g/mol. The molecule has 4 amide bonds. The average Bonchev–Trinajstić information content (AvgIpc) is 4.21. The number of nitrogens with one attached hydrogen (secondary N) is 6. The number of hydrogen-bond acceptors (Lipinski definition) is 12. The van der Waals surface area contributed by atoms with Crippen LogP contribution < -0.4 is 31.9 Å². The molecule has 382 valence electrons. The summed E-state index contributed by atoms with van der Waals surface area (Å²) in [7, 11) is 3.58. The fraction of sp³-hybridized carbons (Fsp3) is 0.429. The third-order valence-corrected chi connectivity index (χ3v) is 13.8. The minimum Gasteiger partial charge on any atom is -0.446 e. The predicted molar refractivity (Wildman–Crippen MR) is 279 cm³/mol. The van der Waals surface area contributed by atoms with E-state index in [0.717, 1.165) is 11.1 Å². The maximum Gasteiger partial charge on any atom is 0.251 e. The second-order valence-corrected chi connectivity index (χ2v) is 21.2. The molecule has 3 aromatic carbocycles. The first-order chi connectivity index (χ1) is 34.2. The number of oxazole rings is 2. The van der Waals surface area contributed by atoms with Gasteiger partial charge in [-0.05, 0) is 75.9 Å². The van der Waals surface area contributed by atoms with Gasteiger partial charge in [0.25, 0.3) is 11.8 Å². The van der Waals surface area contributed by atoms with Crippen LogP contribution in [-0.2, 0) is 9.59 Å². The van der Waals surface area contributed by atoms with Crippen molar-refractivity contribution in [1.82, 2.24) is 51.7 Å². The Bertz CT molecular complexity index is 2520. The van der Waals surface area contributed by atoms with Crippen molar-refractivity contribution in [3.05, 3.63) is 145 Å². The number of hydrogen-bond donors (Lipinski definition) is 6. The normalized spacial score (nSPS) is 19.8. The van der Waals surface area contributed by atoms with Gasteiger partial charge in [-0.25, -0.2) is 9.97 Å². The SMILES string of the molecule is C=C(N[C@H](C(=O)N1C[C@@H](NC(=O)c2ccc(C(=O)N[C@H]3C[C@@H](c4nc(-c5ccccc5)co4)N(C(=C)[C@@H](NC(=O)[C@H](C)NC)C(C)(C)C)C3)cc2)C[C@H]1c1nc(-c2ccccc2)co1)C(C)(C)C)[C@H](C)NC. The zero-order chi connectivity index (χ0) is 52.1. The molecule has 0 radical (unpaired) electrons. The van der Waals surface area contributed by atoms with Crippen molar-refractivity contribution >= 4 is 23.6 Å². The lowest BCUT2D eigenvalue weighted by atomic mass is 9.84. The molecule has 0 saturated carbocycles. The molecule has 6 N–H and O–H groups in total. The van der Waals surface area contributed by atoms with Gasteiger partial charge in [-0.2, -0.15) is 0 Å². The molecule has 16 heteroatoms. The second kappa shape index (κ2) is 22.2. The van der Waals surface area contributed by atoms with E-state index >= 15 is 0 Å². The van der Waals surface area contributed by atoms with Crippen molar-refractivity contribution in [2.24, 2.45) is 10.8 Å². The van der Waals surface area contributed by atoms with Gasteiger partial charge in [0.2, 0.25) is 23.6 Å². The summed E-state index contributed by atoms with van der Waals surface area (Å²) >= 11 is 0. The molecule has 5 aromatic rings. The highest BCUT2D eigenvalue weighted by atomic mass is 16.3. The quantitative estimate of drug-likeness (QED) is 0.0510. The minimum atomic E-state index is -0.647. The highest BCUT2D eigenvalue weighted by molar-refractivity contribution is 5.98. The zero-order valence-corrected chi connectivity index (χ0v) is 43.3. The van der Waals surface area contributed by atoms with Crippen LogP contribution in [0.25, 0.3) is 22.5 Å². The van der Waals surface area contributed by atoms with Crippen molar-refractivity contribution in [2.75, 3.05) is 27.2 Å². The van der Waals surface area contributed by atoms with Crippen LogP contribution in [0, 0.1) is 10.8 Å². The van der Waals surface area contributed by atoms with E-state index in [1.54, 1.807) is 55.7 Å². The summed E-state index contributed by atoms with van der Waals surface area (Å²) in [4.78, 5) is 69.5. The molecule has 72 heavy (non-hydrogen) atoms. The lowest BCUT2D eigenvalue weighted by molar-refractivity contribution is -0.137. The summed E-state index contributed by atoms with van der Waals surface area (Å²) in [6.45, 7) is 25.3. The van der Waals surface area contributed by atoms with Gasteiger partial charge >= 0.3 is 0 Å². The van der Waals surface area contributed by atoms with Gasteiger partial charge < -0.3 is 50.5 Å². The second-order valence-electron chi connectivity index (χ2n) is 21.2. The lowest BCUT2D eigenvalue weighted by Gasteiger charge is -2.39. The third-order valence-electron chi connectivity index (χ3n) is 13.8. The molecule has 0 unspecified atom stereocenters. The van der Waals surface area contributed by atoms with Crippen LogP contribution in [0.1, 0.15) is 113 Å². The topological polar surface area (TPSA) is 199 Å². The molecular formula is C56H72N10O6. The number of likely N-dealkylation sites (tertiary alicyclic amines) is 2. The van der Waals surface area contributed by atoms with Crippen molar-refractivity contribution < 1.29 is 28.0 Å². The van der Waals surface area contributed by atoms with Crippen molar-refractivity contribution in [3.63, 3.8) is 0 Å². The predicted octanol–water partition coefficient (Wildman–Crippen LogP) is 7.39. The molecule has 0 spiro atoms. The first-order valence-electron chi connectivity index (χ1n) is 24.8. The molecule has 2 aliphatic heterocycles. The summed E-state index contributed by atoms with van der Waals surface area (Å²) in [6, 6.07) is 22.6. The smallest absolute Gasteiger partial charge is 0.251 e. The van der Waals surface area contributed by atoms with E-state index in [0.29, 0.717) is 65.1 Å². The first kappa shape index (κ1) is 52.8. The Balaban J connectivity index is 1.07. The number of benzene rings is 3.